The molecule has 1 aromatic rings. The molecule has 3 N–H and O–H groups in total. The van der Waals surface area contributed by atoms with E-state index in [1.54, 1.807) is 6.07 Å². The van der Waals surface area contributed by atoms with Gasteiger partial charge in [-0.25, -0.2) is 0 Å². The van der Waals surface area contributed by atoms with Gasteiger partial charge in [-0.2, -0.15) is 0 Å². The first-order valence-corrected chi connectivity index (χ1v) is 6.03. The third-order valence-electron chi connectivity index (χ3n) is 2.28. The second-order valence-electron chi connectivity index (χ2n) is 3.89. The van der Waals surface area contributed by atoms with Crippen LogP contribution in [0.2, 0.25) is 0 Å². The maximum Gasteiger partial charge on any atom is 0.275 e. The molecular formula is C12H19N3O3. The highest BCUT2D eigenvalue weighted by atomic mass is 16.6. The second-order valence-corrected chi connectivity index (χ2v) is 3.89. The lowest BCUT2D eigenvalue weighted by atomic mass is 10.2. The summed E-state index contributed by atoms with van der Waals surface area (Å²) in [5.74, 6) is 0.515. The summed E-state index contributed by atoms with van der Waals surface area (Å²) >= 11 is 0. The summed E-state index contributed by atoms with van der Waals surface area (Å²) in [4.78, 5) is 10.4. The molecule has 0 atom stereocenters. The molecule has 0 bridgehead atoms. The van der Waals surface area contributed by atoms with Gasteiger partial charge >= 0.3 is 0 Å². The summed E-state index contributed by atoms with van der Waals surface area (Å²) in [7, 11) is 0. The van der Waals surface area contributed by atoms with Gasteiger partial charge in [-0.1, -0.05) is 6.92 Å². The third kappa shape index (κ3) is 4.58. The van der Waals surface area contributed by atoms with E-state index in [2.05, 4.69) is 5.32 Å². The first-order chi connectivity index (χ1) is 8.67. The van der Waals surface area contributed by atoms with Crippen molar-refractivity contribution in [3.8, 4) is 5.75 Å². The number of nitrogens with zero attached hydrogens (tertiary/aromatic N) is 1. The van der Waals surface area contributed by atoms with E-state index in [1.165, 1.54) is 12.1 Å². The van der Waals surface area contributed by atoms with Gasteiger partial charge in [0, 0.05) is 24.4 Å². The van der Waals surface area contributed by atoms with Gasteiger partial charge in [-0.15, -0.1) is 0 Å². The van der Waals surface area contributed by atoms with Crippen molar-refractivity contribution in [3.05, 3.63) is 28.3 Å². The highest BCUT2D eigenvalue weighted by Crippen LogP contribution is 2.26. The minimum absolute atomic E-state index is 0.0267. The quantitative estimate of drug-likeness (QED) is 0.421. The van der Waals surface area contributed by atoms with Crippen molar-refractivity contribution in [1.82, 2.24) is 0 Å². The molecule has 0 aliphatic heterocycles. The van der Waals surface area contributed by atoms with Crippen LogP contribution < -0.4 is 15.8 Å². The number of nitrogens with one attached hydrogen (secondary N) is 1. The van der Waals surface area contributed by atoms with E-state index in [1.807, 2.05) is 6.92 Å². The Balaban J connectivity index is 2.80. The largest absolute Gasteiger partial charge is 0.493 e. The lowest BCUT2D eigenvalue weighted by Crippen LogP contribution is -2.08. The molecule has 0 radical (unpaired) electrons. The Morgan fingerprint density at radius 1 is 1.44 bits per heavy atom. The molecule has 0 heterocycles. The van der Waals surface area contributed by atoms with Gasteiger partial charge in [0.1, 0.15) is 5.75 Å². The number of anilines is 1. The Labute approximate surface area is 106 Å². The van der Waals surface area contributed by atoms with Gasteiger partial charge in [0.15, 0.2) is 0 Å². The Kier molecular flexibility index (Phi) is 5.93. The van der Waals surface area contributed by atoms with E-state index >= 15 is 0 Å². The number of rotatable bonds is 8. The van der Waals surface area contributed by atoms with E-state index in [9.17, 15) is 10.1 Å². The van der Waals surface area contributed by atoms with E-state index in [-0.39, 0.29) is 5.69 Å². The average molecular weight is 253 g/mol. The van der Waals surface area contributed by atoms with Gasteiger partial charge in [-0.3, -0.25) is 10.1 Å². The van der Waals surface area contributed by atoms with Crippen molar-refractivity contribution >= 4 is 11.4 Å². The fourth-order valence-electron chi connectivity index (χ4n) is 1.43. The van der Waals surface area contributed by atoms with Crippen LogP contribution >= 0.6 is 0 Å². The average Bonchev–Trinajstić information content (AvgIpc) is 2.36. The first-order valence-electron chi connectivity index (χ1n) is 6.03. The highest BCUT2D eigenvalue weighted by molar-refractivity contribution is 5.56. The first kappa shape index (κ1) is 14.2. The molecule has 0 saturated heterocycles. The number of hydrogen-bond donors (Lipinski definition) is 2. The maximum atomic E-state index is 10.8. The minimum atomic E-state index is -0.424. The van der Waals surface area contributed by atoms with E-state index in [0.717, 1.165) is 12.8 Å². The SMILES string of the molecule is CCCOc1cc(NCCCN)cc([N+](=O)[O-])c1. The number of nitro benzene ring substituents is 1. The van der Waals surface area contributed by atoms with E-state index < -0.39 is 4.92 Å². The molecule has 100 valence electrons. The number of non-ortho nitro benzene ring substituents is 1. The molecule has 0 unspecified atom stereocenters. The smallest absolute Gasteiger partial charge is 0.275 e. The fourth-order valence-corrected chi connectivity index (χ4v) is 1.43. The van der Waals surface area contributed by atoms with Crippen LogP contribution in [-0.4, -0.2) is 24.6 Å². The van der Waals surface area contributed by atoms with Crippen LogP contribution in [0.4, 0.5) is 11.4 Å². The van der Waals surface area contributed by atoms with Crippen LogP contribution in [0.15, 0.2) is 18.2 Å². The topological polar surface area (TPSA) is 90.4 Å². The molecule has 0 spiro atoms. The van der Waals surface area contributed by atoms with Gasteiger partial charge in [0.2, 0.25) is 0 Å². The van der Waals surface area contributed by atoms with E-state index in [4.69, 9.17) is 10.5 Å². The lowest BCUT2D eigenvalue weighted by molar-refractivity contribution is -0.384. The van der Waals surface area contributed by atoms with E-state index in [0.29, 0.717) is 31.1 Å². The van der Waals surface area contributed by atoms with Crippen LogP contribution in [0.5, 0.6) is 5.75 Å². The van der Waals surface area contributed by atoms with Crippen LogP contribution in [0.3, 0.4) is 0 Å². The molecule has 18 heavy (non-hydrogen) atoms. The predicted octanol–water partition coefficient (Wildman–Crippen LogP) is 2.14. The molecule has 0 aromatic heterocycles. The standard InChI is InChI=1S/C12H19N3O3/c1-2-6-18-12-8-10(14-5-3-4-13)7-11(9-12)15(16)17/h7-9,14H,2-6,13H2,1H3. The molecule has 0 saturated carbocycles. The Morgan fingerprint density at radius 3 is 2.83 bits per heavy atom. The number of benzene rings is 1. The number of nitrogens with two attached hydrogens (primary N) is 1. The van der Waals surface area contributed by atoms with Crippen LogP contribution in [0.1, 0.15) is 19.8 Å². The van der Waals surface area contributed by atoms with Gasteiger partial charge in [-0.05, 0) is 19.4 Å². The summed E-state index contributed by atoms with van der Waals surface area (Å²) in [5, 5.41) is 13.9. The molecule has 6 nitrogen and oxygen atoms in total. The van der Waals surface area contributed by atoms with Crippen molar-refractivity contribution in [2.24, 2.45) is 5.73 Å². The zero-order valence-corrected chi connectivity index (χ0v) is 10.5. The fraction of sp³-hybridized carbons (Fsp3) is 0.500. The summed E-state index contributed by atoms with van der Waals surface area (Å²) in [6.07, 6.45) is 1.67. The summed E-state index contributed by atoms with van der Waals surface area (Å²) in [6.45, 7) is 3.80. The monoisotopic (exact) mass is 253 g/mol. The highest BCUT2D eigenvalue weighted by Gasteiger charge is 2.10. The molecule has 0 aliphatic rings. The van der Waals surface area contributed by atoms with Crippen molar-refractivity contribution in [2.45, 2.75) is 19.8 Å². The number of ether oxygens (including phenoxy) is 1. The third-order valence-corrected chi connectivity index (χ3v) is 2.28. The maximum absolute atomic E-state index is 10.8. The van der Waals surface area contributed by atoms with Gasteiger partial charge in [0.25, 0.3) is 5.69 Å². The normalized spacial score (nSPS) is 10.1. The zero-order valence-electron chi connectivity index (χ0n) is 10.5. The summed E-state index contributed by atoms with van der Waals surface area (Å²) in [5.41, 5.74) is 6.10. The summed E-state index contributed by atoms with van der Waals surface area (Å²) < 4.78 is 5.42. The number of nitro groups is 1. The van der Waals surface area contributed by atoms with Crippen LogP contribution in [0.25, 0.3) is 0 Å². The predicted molar refractivity (Wildman–Crippen MR) is 71.0 cm³/mol. The Hall–Kier alpha value is -1.82. The molecule has 6 heteroatoms. The minimum Gasteiger partial charge on any atom is -0.493 e. The van der Waals surface area contributed by atoms with Crippen LogP contribution in [-0.2, 0) is 0 Å². The Bertz CT molecular complexity index is 396. The summed E-state index contributed by atoms with van der Waals surface area (Å²) in [6, 6.07) is 4.69. The number of hydrogen-bond acceptors (Lipinski definition) is 5. The Morgan fingerprint density at radius 2 is 2.22 bits per heavy atom. The molecule has 0 fully saturated rings. The lowest BCUT2D eigenvalue weighted by Gasteiger charge is -2.09. The molecule has 1 rings (SSSR count). The van der Waals surface area contributed by atoms with Gasteiger partial charge < -0.3 is 15.8 Å². The van der Waals surface area contributed by atoms with Gasteiger partial charge in [0.05, 0.1) is 17.6 Å². The molecule has 0 amide bonds. The van der Waals surface area contributed by atoms with Crippen molar-refractivity contribution < 1.29 is 9.66 Å². The zero-order chi connectivity index (χ0) is 13.4. The van der Waals surface area contributed by atoms with Crippen LogP contribution in [0, 0.1) is 10.1 Å². The second kappa shape index (κ2) is 7.50. The molecule has 1 aromatic carbocycles. The van der Waals surface area contributed by atoms with Crippen molar-refractivity contribution in [3.63, 3.8) is 0 Å². The van der Waals surface area contributed by atoms with Crippen molar-refractivity contribution in [2.75, 3.05) is 25.0 Å². The molecular weight excluding hydrogens is 234 g/mol. The van der Waals surface area contributed by atoms with Crippen molar-refractivity contribution in [1.29, 1.82) is 0 Å². The molecule has 0 aliphatic carbocycles.